The number of hydrogen-bond acceptors (Lipinski definition) is 2. The van der Waals surface area contributed by atoms with Crippen LogP contribution in [0.25, 0.3) is 0 Å². The summed E-state index contributed by atoms with van der Waals surface area (Å²) in [6.07, 6.45) is 18.3. The van der Waals surface area contributed by atoms with Crippen molar-refractivity contribution in [2.45, 2.75) is 19.8 Å². The maximum atomic E-state index is 12.5. The fraction of sp³-hybridized carbons (Fsp3) is 0.227. The number of ether oxygens (including phenoxy) is 1. The van der Waals surface area contributed by atoms with Crippen molar-refractivity contribution in [2.24, 2.45) is 5.92 Å². The SMILES string of the molecule is CCCOc1ccccc1C(=O)C=CC1=CC2=CC=CCC2C=C1. The largest absolute Gasteiger partial charge is 0.493 e. The van der Waals surface area contributed by atoms with Gasteiger partial charge in [-0.15, -0.1) is 0 Å². The van der Waals surface area contributed by atoms with Gasteiger partial charge in [-0.2, -0.15) is 0 Å². The molecule has 0 amide bonds. The number of rotatable bonds is 6. The lowest BCUT2D eigenvalue weighted by Crippen LogP contribution is -2.05. The van der Waals surface area contributed by atoms with Gasteiger partial charge in [-0.25, -0.2) is 0 Å². The van der Waals surface area contributed by atoms with E-state index in [9.17, 15) is 4.79 Å². The summed E-state index contributed by atoms with van der Waals surface area (Å²) in [5, 5.41) is 0. The highest BCUT2D eigenvalue weighted by atomic mass is 16.5. The summed E-state index contributed by atoms with van der Waals surface area (Å²) < 4.78 is 5.67. The number of benzene rings is 1. The molecule has 0 aromatic heterocycles. The van der Waals surface area contributed by atoms with Crippen LogP contribution in [0.4, 0.5) is 0 Å². The minimum absolute atomic E-state index is 0.0318. The van der Waals surface area contributed by atoms with Gasteiger partial charge in [0.05, 0.1) is 12.2 Å². The average molecular weight is 318 g/mol. The van der Waals surface area contributed by atoms with Crippen LogP contribution in [0.1, 0.15) is 30.1 Å². The molecule has 0 bridgehead atoms. The Bertz CT molecular complexity index is 760. The van der Waals surface area contributed by atoms with E-state index in [2.05, 4.69) is 43.4 Å². The predicted molar refractivity (Wildman–Crippen MR) is 98.3 cm³/mol. The molecule has 0 aliphatic heterocycles. The number of hydrogen-bond donors (Lipinski definition) is 0. The second-order valence-electron chi connectivity index (χ2n) is 5.98. The fourth-order valence-corrected chi connectivity index (χ4v) is 2.85. The van der Waals surface area contributed by atoms with Crippen LogP contribution in [-0.2, 0) is 0 Å². The Balaban J connectivity index is 1.74. The van der Waals surface area contributed by atoms with Gasteiger partial charge in [0.25, 0.3) is 0 Å². The monoisotopic (exact) mass is 318 g/mol. The molecule has 1 atom stereocenters. The van der Waals surface area contributed by atoms with Gasteiger partial charge in [0.15, 0.2) is 5.78 Å². The van der Waals surface area contributed by atoms with Crippen molar-refractivity contribution in [3.8, 4) is 5.75 Å². The van der Waals surface area contributed by atoms with Crippen LogP contribution < -0.4 is 4.74 Å². The Morgan fingerprint density at radius 2 is 2.21 bits per heavy atom. The Morgan fingerprint density at radius 1 is 1.33 bits per heavy atom. The molecule has 1 unspecified atom stereocenters. The molecule has 0 fully saturated rings. The van der Waals surface area contributed by atoms with Crippen molar-refractivity contribution in [2.75, 3.05) is 6.61 Å². The third-order valence-electron chi connectivity index (χ3n) is 4.14. The van der Waals surface area contributed by atoms with E-state index in [1.54, 1.807) is 6.08 Å². The van der Waals surface area contributed by atoms with Crippen molar-refractivity contribution in [3.63, 3.8) is 0 Å². The lowest BCUT2D eigenvalue weighted by Gasteiger charge is -2.19. The van der Waals surface area contributed by atoms with E-state index in [1.807, 2.05) is 30.3 Å². The normalized spacial score (nSPS) is 19.0. The Morgan fingerprint density at radius 3 is 3.08 bits per heavy atom. The van der Waals surface area contributed by atoms with Crippen LogP contribution in [-0.4, -0.2) is 12.4 Å². The number of para-hydroxylation sites is 1. The molecule has 0 radical (unpaired) electrons. The standard InChI is InChI=1S/C22H22O2/c1-2-15-24-22-10-6-5-9-20(22)21(23)14-12-17-11-13-18-7-3-4-8-19(18)16-17/h3-6,8-14,16,18H,2,7,15H2,1H3. The Labute approximate surface area is 143 Å². The number of carbonyl (C=O) groups excluding carboxylic acids is 1. The quantitative estimate of drug-likeness (QED) is 0.531. The molecule has 0 saturated heterocycles. The Kier molecular flexibility index (Phi) is 5.27. The van der Waals surface area contributed by atoms with Gasteiger partial charge in [0, 0.05) is 5.92 Å². The third-order valence-corrected chi connectivity index (χ3v) is 4.14. The summed E-state index contributed by atoms with van der Waals surface area (Å²) in [4.78, 5) is 12.5. The third kappa shape index (κ3) is 3.83. The molecule has 3 rings (SSSR count). The number of ketones is 1. The maximum Gasteiger partial charge on any atom is 0.189 e. The summed E-state index contributed by atoms with van der Waals surface area (Å²) in [6.45, 7) is 2.67. The maximum absolute atomic E-state index is 12.5. The molecule has 0 saturated carbocycles. The number of carbonyl (C=O) groups is 1. The minimum atomic E-state index is -0.0318. The van der Waals surface area contributed by atoms with E-state index in [0.29, 0.717) is 23.8 Å². The molecule has 0 heterocycles. The zero-order chi connectivity index (χ0) is 16.8. The van der Waals surface area contributed by atoms with Gasteiger partial charge in [-0.1, -0.05) is 61.6 Å². The molecule has 2 aliphatic rings. The van der Waals surface area contributed by atoms with E-state index in [0.717, 1.165) is 18.4 Å². The second kappa shape index (κ2) is 7.78. The first-order chi connectivity index (χ1) is 11.8. The molecule has 0 spiro atoms. The summed E-state index contributed by atoms with van der Waals surface area (Å²) in [5.74, 6) is 1.10. The van der Waals surface area contributed by atoms with Crippen molar-refractivity contribution >= 4 is 5.78 Å². The average Bonchev–Trinajstić information content (AvgIpc) is 2.64. The van der Waals surface area contributed by atoms with Gasteiger partial charge in [-0.05, 0) is 42.2 Å². The number of fused-ring (bicyclic) bond motifs is 1. The van der Waals surface area contributed by atoms with Crippen molar-refractivity contribution in [1.29, 1.82) is 0 Å². The summed E-state index contributed by atoms with van der Waals surface area (Å²) >= 11 is 0. The van der Waals surface area contributed by atoms with Crippen LogP contribution in [0.5, 0.6) is 5.75 Å². The molecule has 1 aromatic rings. The Hall–Kier alpha value is -2.61. The van der Waals surface area contributed by atoms with E-state index in [4.69, 9.17) is 4.74 Å². The molecule has 1 aromatic carbocycles. The molecule has 2 nitrogen and oxygen atoms in total. The number of allylic oxidation sites excluding steroid dienone is 10. The molecule has 0 N–H and O–H groups in total. The van der Waals surface area contributed by atoms with E-state index in [1.165, 1.54) is 5.57 Å². The molecule has 122 valence electrons. The van der Waals surface area contributed by atoms with E-state index >= 15 is 0 Å². The van der Waals surface area contributed by atoms with Crippen LogP contribution in [0.15, 0.2) is 84.0 Å². The zero-order valence-electron chi connectivity index (χ0n) is 13.9. The first kappa shape index (κ1) is 16.3. The van der Waals surface area contributed by atoms with E-state index < -0.39 is 0 Å². The lowest BCUT2D eigenvalue weighted by atomic mass is 9.86. The van der Waals surface area contributed by atoms with Crippen molar-refractivity contribution in [1.82, 2.24) is 0 Å². The summed E-state index contributed by atoms with van der Waals surface area (Å²) in [5.41, 5.74) is 2.96. The van der Waals surface area contributed by atoms with E-state index in [-0.39, 0.29) is 5.78 Å². The van der Waals surface area contributed by atoms with Gasteiger partial charge in [0.2, 0.25) is 0 Å². The van der Waals surface area contributed by atoms with Crippen LogP contribution in [0.2, 0.25) is 0 Å². The van der Waals surface area contributed by atoms with Gasteiger partial charge in [-0.3, -0.25) is 4.79 Å². The highest BCUT2D eigenvalue weighted by Gasteiger charge is 2.14. The highest BCUT2D eigenvalue weighted by molar-refractivity contribution is 6.06. The minimum Gasteiger partial charge on any atom is -0.493 e. The first-order valence-electron chi connectivity index (χ1n) is 8.49. The molecule has 24 heavy (non-hydrogen) atoms. The molecule has 2 heteroatoms. The molecular weight excluding hydrogens is 296 g/mol. The van der Waals surface area contributed by atoms with Crippen LogP contribution in [0, 0.1) is 5.92 Å². The fourth-order valence-electron chi connectivity index (χ4n) is 2.85. The predicted octanol–water partition coefficient (Wildman–Crippen LogP) is 5.21. The lowest BCUT2D eigenvalue weighted by molar-refractivity contribution is 0.104. The van der Waals surface area contributed by atoms with Gasteiger partial charge >= 0.3 is 0 Å². The van der Waals surface area contributed by atoms with Gasteiger partial charge in [0.1, 0.15) is 5.75 Å². The van der Waals surface area contributed by atoms with Crippen molar-refractivity contribution < 1.29 is 9.53 Å². The zero-order valence-corrected chi connectivity index (χ0v) is 13.9. The van der Waals surface area contributed by atoms with Crippen molar-refractivity contribution in [3.05, 3.63) is 89.6 Å². The summed E-state index contributed by atoms with van der Waals surface area (Å²) in [6, 6.07) is 7.41. The van der Waals surface area contributed by atoms with Crippen LogP contribution in [0.3, 0.4) is 0 Å². The van der Waals surface area contributed by atoms with Crippen LogP contribution >= 0.6 is 0 Å². The topological polar surface area (TPSA) is 26.3 Å². The first-order valence-corrected chi connectivity index (χ1v) is 8.49. The smallest absolute Gasteiger partial charge is 0.189 e. The highest BCUT2D eigenvalue weighted by Crippen LogP contribution is 2.28. The molecular formula is C22H22O2. The van der Waals surface area contributed by atoms with Gasteiger partial charge < -0.3 is 4.74 Å². The summed E-state index contributed by atoms with van der Waals surface area (Å²) in [7, 11) is 0. The molecule has 2 aliphatic carbocycles. The second-order valence-corrected chi connectivity index (χ2v) is 5.98.